The Bertz CT molecular complexity index is 701. The predicted octanol–water partition coefficient (Wildman–Crippen LogP) is 3.51. The number of rotatable bonds is 5. The number of ether oxygens (including phenoxy) is 1. The molecular weight excluding hydrogens is 319 g/mol. The molecule has 0 bridgehead atoms. The number of halogens is 1. The van der Waals surface area contributed by atoms with E-state index in [1.807, 2.05) is 17.2 Å². The van der Waals surface area contributed by atoms with E-state index in [4.69, 9.17) is 4.74 Å². The van der Waals surface area contributed by atoms with E-state index < -0.39 is 0 Å². The summed E-state index contributed by atoms with van der Waals surface area (Å²) < 4.78 is 18.0. The summed E-state index contributed by atoms with van der Waals surface area (Å²) in [5.41, 5.74) is 3.02. The Hall–Kier alpha value is -2.27. The van der Waals surface area contributed by atoms with Crippen LogP contribution in [0, 0.1) is 5.82 Å². The predicted molar refractivity (Wildman–Crippen MR) is 93.6 cm³/mol. The first-order chi connectivity index (χ1) is 12.2. The molecule has 0 N–H and O–H groups in total. The van der Waals surface area contributed by atoms with E-state index >= 15 is 0 Å². The zero-order chi connectivity index (χ0) is 17.6. The van der Waals surface area contributed by atoms with Crippen molar-refractivity contribution in [2.45, 2.75) is 31.7 Å². The maximum Gasteiger partial charge on any atom is 0.249 e. The van der Waals surface area contributed by atoms with Gasteiger partial charge in [0.25, 0.3) is 0 Å². The third-order valence-electron chi connectivity index (χ3n) is 4.62. The van der Waals surface area contributed by atoms with Crippen LogP contribution in [0.1, 0.15) is 42.1 Å². The average molecular weight is 342 g/mol. The second kappa shape index (κ2) is 8.21. The molecule has 1 amide bonds. The van der Waals surface area contributed by atoms with E-state index in [9.17, 15) is 9.18 Å². The quantitative estimate of drug-likeness (QED) is 0.835. The van der Waals surface area contributed by atoms with Crippen LogP contribution in [0.5, 0.6) is 0 Å². The van der Waals surface area contributed by atoms with Crippen LogP contribution < -0.4 is 0 Å². The number of piperidine rings is 1. The molecule has 132 valence electrons. The van der Waals surface area contributed by atoms with Crippen LogP contribution in [-0.2, 0) is 16.0 Å². The highest BCUT2D eigenvalue weighted by molar-refractivity contribution is 5.78. The van der Waals surface area contributed by atoms with Gasteiger partial charge in [0.15, 0.2) is 0 Å². The monoisotopic (exact) mass is 342 g/mol. The van der Waals surface area contributed by atoms with Crippen LogP contribution in [-0.4, -0.2) is 36.1 Å². The lowest BCUT2D eigenvalue weighted by molar-refractivity contribution is -0.139. The summed E-state index contributed by atoms with van der Waals surface area (Å²) in [6.07, 6.45) is 5.62. The SMILES string of the molecule is COCC(=O)N1CCCCC1c1ccc(Cc2ccc(F)cc2)nc1. The summed E-state index contributed by atoms with van der Waals surface area (Å²) >= 11 is 0. The second-order valence-corrected chi connectivity index (χ2v) is 6.42. The summed E-state index contributed by atoms with van der Waals surface area (Å²) in [4.78, 5) is 18.7. The van der Waals surface area contributed by atoms with E-state index in [-0.39, 0.29) is 24.4 Å². The number of carbonyl (C=O) groups is 1. The molecule has 1 aliphatic rings. The van der Waals surface area contributed by atoms with Crippen LogP contribution >= 0.6 is 0 Å². The van der Waals surface area contributed by atoms with Gasteiger partial charge >= 0.3 is 0 Å². The van der Waals surface area contributed by atoms with Gasteiger partial charge in [-0.3, -0.25) is 9.78 Å². The van der Waals surface area contributed by atoms with Gasteiger partial charge in [0.2, 0.25) is 5.91 Å². The number of nitrogens with zero attached hydrogens (tertiary/aromatic N) is 2. The number of carbonyl (C=O) groups excluding carboxylic acids is 1. The molecule has 1 aromatic heterocycles. The minimum Gasteiger partial charge on any atom is -0.375 e. The normalized spacial score (nSPS) is 17.5. The summed E-state index contributed by atoms with van der Waals surface area (Å²) in [6, 6.07) is 10.6. The molecule has 1 unspecified atom stereocenters. The topological polar surface area (TPSA) is 42.4 Å². The Balaban J connectivity index is 1.71. The summed E-state index contributed by atoms with van der Waals surface area (Å²) in [5, 5.41) is 0. The van der Waals surface area contributed by atoms with Crippen molar-refractivity contribution in [1.82, 2.24) is 9.88 Å². The van der Waals surface area contributed by atoms with E-state index in [1.54, 1.807) is 19.2 Å². The lowest BCUT2D eigenvalue weighted by Gasteiger charge is -2.35. The van der Waals surface area contributed by atoms with Crippen LogP contribution in [0.4, 0.5) is 4.39 Å². The molecule has 4 nitrogen and oxygen atoms in total. The summed E-state index contributed by atoms with van der Waals surface area (Å²) in [5.74, 6) is -0.201. The van der Waals surface area contributed by atoms with Crippen molar-refractivity contribution in [1.29, 1.82) is 0 Å². The molecule has 1 aliphatic heterocycles. The molecule has 1 aromatic carbocycles. The van der Waals surface area contributed by atoms with Gasteiger partial charge in [-0.05, 0) is 48.6 Å². The van der Waals surface area contributed by atoms with Crippen molar-refractivity contribution < 1.29 is 13.9 Å². The van der Waals surface area contributed by atoms with Crippen molar-refractivity contribution in [3.8, 4) is 0 Å². The first kappa shape index (κ1) is 17.5. The Morgan fingerprint density at radius 1 is 1.24 bits per heavy atom. The van der Waals surface area contributed by atoms with Crippen LogP contribution in [0.15, 0.2) is 42.6 Å². The van der Waals surface area contributed by atoms with E-state index in [1.165, 1.54) is 12.1 Å². The number of amides is 1. The molecule has 3 rings (SSSR count). The largest absolute Gasteiger partial charge is 0.375 e. The zero-order valence-corrected chi connectivity index (χ0v) is 14.5. The number of likely N-dealkylation sites (tertiary alicyclic amines) is 1. The molecule has 5 heteroatoms. The van der Waals surface area contributed by atoms with Crippen molar-refractivity contribution in [2.24, 2.45) is 0 Å². The first-order valence-corrected chi connectivity index (χ1v) is 8.65. The molecule has 25 heavy (non-hydrogen) atoms. The van der Waals surface area contributed by atoms with Gasteiger partial charge in [-0.1, -0.05) is 18.2 Å². The maximum atomic E-state index is 13.0. The molecule has 0 saturated carbocycles. The van der Waals surface area contributed by atoms with Crippen molar-refractivity contribution in [2.75, 3.05) is 20.3 Å². The van der Waals surface area contributed by atoms with Gasteiger partial charge in [0.1, 0.15) is 12.4 Å². The summed E-state index contributed by atoms with van der Waals surface area (Å²) in [6.45, 7) is 0.886. The van der Waals surface area contributed by atoms with E-state index in [0.29, 0.717) is 6.42 Å². The highest BCUT2D eigenvalue weighted by Crippen LogP contribution is 2.30. The Morgan fingerprint density at radius 3 is 2.72 bits per heavy atom. The Morgan fingerprint density at radius 2 is 2.04 bits per heavy atom. The van der Waals surface area contributed by atoms with Crippen LogP contribution in [0.25, 0.3) is 0 Å². The second-order valence-electron chi connectivity index (χ2n) is 6.42. The molecule has 0 aliphatic carbocycles. The van der Waals surface area contributed by atoms with Gasteiger partial charge in [0, 0.05) is 32.0 Å². The number of hydrogen-bond acceptors (Lipinski definition) is 3. The standard InChI is InChI=1S/C20H23FN2O2/c1-25-14-20(24)23-11-3-2-4-19(23)16-7-10-18(22-13-16)12-15-5-8-17(21)9-6-15/h5-10,13,19H,2-4,11-12,14H2,1H3. The zero-order valence-electron chi connectivity index (χ0n) is 14.5. The third kappa shape index (κ3) is 4.42. The fourth-order valence-corrected chi connectivity index (χ4v) is 3.33. The van der Waals surface area contributed by atoms with Gasteiger partial charge in [0.05, 0.1) is 6.04 Å². The van der Waals surface area contributed by atoms with Gasteiger partial charge in [-0.25, -0.2) is 4.39 Å². The smallest absolute Gasteiger partial charge is 0.249 e. The highest BCUT2D eigenvalue weighted by Gasteiger charge is 2.27. The number of pyridine rings is 1. The number of methoxy groups -OCH3 is 1. The minimum atomic E-state index is -0.231. The number of benzene rings is 1. The average Bonchev–Trinajstić information content (AvgIpc) is 2.64. The van der Waals surface area contributed by atoms with E-state index in [2.05, 4.69) is 11.1 Å². The van der Waals surface area contributed by atoms with Crippen molar-refractivity contribution in [3.63, 3.8) is 0 Å². The fraction of sp³-hybridized carbons (Fsp3) is 0.400. The molecule has 0 radical (unpaired) electrons. The summed E-state index contributed by atoms with van der Waals surface area (Å²) in [7, 11) is 1.54. The molecule has 1 atom stereocenters. The highest BCUT2D eigenvalue weighted by atomic mass is 19.1. The molecular formula is C20H23FN2O2. The first-order valence-electron chi connectivity index (χ1n) is 8.65. The number of aromatic nitrogens is 1. The van der Waals surface area contributed by atoms with Gasteiger partial charge in [-0.2, -0.15) is 0 Å². The fourth-order valence-electron chi connectivity index (χ4n) is 3.33. The van der Waals surface area contributed by atoms with Crippen molar-refractivity contribution >= 4 is 5.91 Å². The lowest BCUT2D eigenvalue weighted by atomic mass is 9.96. The Labute approximate surface area is 147 Å². The molecule has 1 fully saturated rings. The van der Waals surface area contributed by atoms with Crippen molar-refractivity contribution in [3.05, 3.63) is 65.2 Å². The molecule has 2 heterocycles. The molecule has 2 aromatic rings. The maximum absolute atomic E-state index is 13.0. The van der Waals surface area contributed by atoms with E-state index in [0.717, 1.165) is 42.6 Å². The minimum absolute atomic E-state index is 0.0302. The number of hydrogen-bond donors (Lipinski definition) is 0. The third-order valence-corrected chi connectivity index (χ3v) is 4.62. The molecule has 1 saturated heterocycles. The molecule has 0 spiro atoms. The van der Waals surface area contributed by atoms with Gasteiger partial charge < -0.3 is 9.64 Å². The van der Waals surface area contributed by atoms with Crippen LogP contribution in [0.2, 0.25) is 0 Å². The van der Waals surface area contributed by atoms with Gasteiger partial charge in [-0.15, -0.1) is 0 Å². The van der Waals surface area contributed by atoms with Crippen LogP contribution in [0.3, 0.4) is 0 Å². The lowest BCUT2D eigenvalue weighted by Crippen LogP contribution is -2.40. The Kier molecular flexibility index (Phi) is 5.76.